The van der Waals surface area contributed by atoms with Crippen molar-refractivity contribution in [2.45, 2.75) is 12.8 Å². The molecule has 20 heavy (non-hydrogen) atoms. The van der Waals surface area contributed by atoms with Crippen LogP contribution in [0.4, 0.5) is 5.69 Å². The molecule has 2 aromatic rings. The van der Waals surface area contributed by atoms with Crippen molar-refractivity contribution in [3.63, 3.8) is 0 Å². The van der Waals surface area contributed by atoms with E-state index in [4.69, 9.17) is 4.42 Å². The van der Waals surface area contributed by atoms with Crippen LogP contribution >= 0.6 is 0 Å². The zero-order valence-electron chi connectivity index (χ0n) is 11.5. The molecular formula is C16H17NO3. The summed E-state index contributed by atoms with van der Waals surface area (Å²) in [7, 11) is 1.34. The number of benzene rings is 1. The molecular weight excluding hydrogens is 254 g/mol. The number of furan rings is 1. The summed E-state index contributed by atoms with van der Waals surface area (Å²) in [6, 6.07) is 11.7. The summed E-state index contributed by atoms with van der Waals surface area (Å²) in [5.74, 6) is 0.453. The van der Waals surface area contributed by atoms with Crippen molar-refractivity contribution < 1.29 is 13.9 Å². The van der Waals surface area contributed by atoms with E-state index < -0.39 is 5.97 Å². The van der Waals surface area contributed by atoms with Gasteiger partial charge in [0.2, 0.25) is 5.76 Å². The minimum atomic E-state index is -0.454. The first kappa shape index (κ1) is 12.8. The molecule has 0 spiro atoms. The van der Waals surface area contributed by atoms with Crippen LogP contribution in [0.2, 0.25) is 0 Å². The molecule has 0 aliphatic carbocycles. The third kappa shape index (κ3) is 2.41. The van der Waals surface area contributed by atoms with Crippen molar-refractivity contribution in [2.75, 3.05) is 25.1 Å². The molecule has 0 atom stereocenters. The highest BCUT2D eigenvalue weighted by Crippen LogP contribution is 2.26. The van der Waals surface area contributed by atoms with Crippen LogP contribution in [0.1, 0.15) is 23.4 Å². The Morgan fingerprint density at radius 2 is 1.80 bits per heavy atom. The van der Waals surface area contributed by atoms with Crippen LogP contribution in [0, 0.1) is 0 Å². The number of carbonyl (C=O) groups excluding carboxylic acids is 1. The Morgan fingerprint density at radius 1 is 1.10 bits per heavy atom. The van der Waals surface area contributed by atoms with Crippen LogP contribution in [0.5, 0.6) is 0 Å². The van der Waals surface area contributed by atoms with E-state index in [-0.39, 0.29) is 5.76 Å². The standard InChI is InChI=1S/C16H17NO3/c1-19-16(18)15-9-8-14(20-15)12-4-6-13(7-5-12)17-10-2-3-11-17/h4-9H,2-3,10-11H2,1H3. The molecule has 0 amide bonds. The SMILES string of the molecule is COC(=O)c1ccc(-c2ccc(N3CCCC3)cc2)o1. The van der Waals surface area contributed by atoms with Gasteiger partial charge in [-0.05, 0) is 49.2 Å². The number of nitrogens with zero attached hydrogens (tertiary/aromatic N) is 1. The monoisotopic (exact) mass is 271 g/mol. The molecule has 0 radical (unpaired) electrons. The lowest BCUT2D eigenvalue weighted by Crippen LogP contribution is -2.17. The molecule has 1 aromatic heterocycles. The van der Waals surface area contributed by atoms with Gasteiger partial charge in [-0.3, -0.25) is 0 Å². The fraction of sp³-hybridized carbons (Fsp3) is 0.312. The molecule has 2 heterocycles. The lowest BCUT2D eigenvalue weighted by molar-refractivity contribution is 0.0566. The molecule has 104 valence electrons. The summed E-state index contributed by atoms with van der Waals surface area (Å²) >= 11 is 0. The Bertz CT molecular complexity index is 594. The van der Waals surface area contributed by atoms with E-state index in [1.807, 2.05) is 12.1 Å². The third-order valence-corrected chi connectivity index (χ3v) is 3.62. The first-order valence-electron chi connectivity index (χ1n) is 6.81. The molecule has 3 rings (SSSR count). The van der Waals surface area contributed by atoms with Gasteiger partial charge in [-0.1, -0.05) is 0 Å². The lowest BCUT2D eigenvalue weighted by Gasteiger charge is -2.17. The van der Waals surface area contributed by atoms with Crippen molar-refractivity contribution in [3.05, 3.63) is 42.2 Å². The number of ether oxygens (including phenoxy) is 1. The third-order valence-electron chi connectivity index (χ3n) is 3.62. The summed E-state index contributed by atoms with van der Waals surface area (Å²) in [5, 5.41) is 0. The summed E-state index contributed by atoms with van der Waals surface area (Å²) < 4.78 is 10.1. The maximum Gasteiger partial charge on any atom is 0.373 e. The van der Waals surface area contributed by atoms with Gasteiger partial charge < -0.3 is 14.1 Å². The Balaban J connectivity index is 1.80. The fourth-order valence-electron chi connectivity index (χ4n) is 2.52. The van der Waals surface area contributed by atoms with Crippen LogP contribution < -0.4 is 4.90 Å². The van der Waals surface area contributed by atoms with Crippen molar-refractivity contribution in [1.29, 1.82) is 0 Å². The highest BCUT2D eigenvalue weighted by molar-refractivity contribution is 5.87. The summed E-state index contributed by atoms with van der Waals surface area (Å²) in [5.41, 5.74) is 2.20. The Kier molecular flexibility index (Phi) is 3.46. The summed E-state index contributed by atoms with van der Waals surface area (Å²) in [4.78, 5) is 13.7. The molecule has 0 unspecified atom stereocenters. The molecule has 0 bridgehead atoms. The number of esters is 1. The normalized spacial score (nSPS) is 14.6. The van der Waals surface area contributed by atoms with Gasteiger partial charge in [0.1, 0.15) is 5.76 Å². The van der Waals surface area contributed by atoms with Crippen LogP contribution in [-0.4, -0.2) is 26.2 Å². The molecule has 4 heteroatoms. The number of anilines is 1. The fourth-order valence-corrected chi connectivity index (χ4v) is 2.52. The average Bonchev–Trinajstić information content (AvgIpc) is 3.18. The molecule has 0 saturated carbocycles. The first-order chi connectivity index (χ1) is 9.78. The van der Waals surface area contributed by atoms with E-state index in [2.05, 4.69) is 21.8 Å². The maximum absolute atomic E-state index is 11.4. The van der Waals surface area contributed by atoms with E-state index in [9.17, 15) is 4.79 Å². The van der Waals surface area contributed by atoms with E-state index in [1.54, 1.807) is 12.1 Å². The van der Waals surface area contributed by atoms with Crippen molar-refractivity contribution >= 4 is 11.7 Å². The van der Waals surface area contributed by atoms with Crippen LogP contribution in [0.15, 0.2) is 40.8 Å². The lowest BCUT2D eigenvalue weighted by atomic mass is 10.1. The van der Waals surface area contributed by atoms with Gasteiger partial charge in [-0.25, -0.2) is 4.79 Å². The minimum Gasteiger partial charge on any atom is -0.463 e. The van der Waals surface area contributed by atoms with Crippen LogP contribution in [-0.2, 0) is 4.74 Å². The Hall–Kier alpha value is -2.23. The van der Waals surface area contributed by atoms with E-state index in [0.29, 0.717) is 5.76 Å². The number of hydrogen-bond acceptors (Lipinski definition) is 4. The molecule has 1 aromatic carbocycles. The van der Waals surface area contributed by atoms with Gasteiger partial charge in [-0.15, -0.1) is 0 Å². The topological polar surface area (TPSA) is 42.7 Å². The zero-order valence-corrected chi connectivity index (χ0v) is 11.5. The van der Waals surface area contributed by atoms with Gasteiger partial charge in [0.15, 0.2) is 0 Å². The number of methoxy groups -OCH3 is 1. The second-order valence-corrected chi connectivity index (χ2v) is 4.90. The molecule has 1 saturated heterocycles. The second kappa shape index (κ2) is 5.41. The van der Waals surface area contributed by atoms with Crippen molar-refractivity contribution in [1.82, 2.24) is 0 Å². The van der Waals surface area contributed by atoms with Gasteiger partial charge in [-0.2, -0.15) is 0 Å². The van der Waals surface area contributed by atoms with Gasteiger partial charge in [0.25, 0.3) is 0 Å². The summed E-state index contributed by atoms with van der Waals surface area (Å²) in [6.45, 7) is 2.26. The van der Waals surface area contributed by atoms with E-state index in [1.165, 1.54) is 25.6 Å². The maximum atomic E-state index is 11.4. The second-order valence-electron chi connectivity index (χ2n) is 4.90. The predicted octanol–water partition coefficient (Wildman–Crippen LogP) is 3.33. The largest absolute Gasteiger partial charge is 0.463 e. The minimum absolute atomic E-state index is 0.228. The highest BCUT2D eigenvalue weighted by atomic mass is 16.5. The Morgan fingerprint density at radius 3 is 2.45 bits per heavy atom. The molecule has 1 aliphatic heterocycles. The molecule has 1 aliphatic rings. The molecule has 1 fully saturated rings. The predicted molar refractivity (Wildman–Crippen MR) is 76.9 cm³/mol. The quantitative estimate of drug-likeness (QED) is 0.803. The van der Waals surface area contributed by atoms with Crippen molar-refractivity contribution in [3.8, 4) is 11.3 Å². The highest BCUT2D eigenvalue weighted by Gasteiger charge is 2.14. The van der Waals surface area contributed by atoms with Gasteiger partial charge >= 0.3 is 5.97 Å². The van der Waals surface area contributed by atoms with Gasteiger partial charge in [0, 0.05) is 24.3 Å². The Labute approximate surface area is 118 Å². The molecule has 4 nitrogen and oxygen atoms in total. The number of carbonyl (C=O) groups is 1. The first-order valence-corrected chi connectivity index (χ1v) is 6.81. The summed E-state index contributed by atoms with van der Waals surface area (Å²) in [6.07, 6.45) is 2.53. The van der Waals surface area contributed by atoms with Crippen LogP contribution in [0.3, 0.4) is 0 Å². The zero-order chi connectivity index (χ0) is 13.9. The number of rotatable bonds is 3. The van der Waals surface area contributed by atoms with E-state index >= 15 is 0 Å². The van der Waals surface area contributed by atoms with E-state index in [0.717, 1.165) is 18.7 Å². The van der Waals surface area contributed by atoms with Gasteiger partial charge in [0.05, 0.1) is 7.11 Å². The van der Waals surface area contributed by atoms with Crippen LogP contribution in [0.25, 0.3) is 11.3 Å². The van der Waals surface area contributed by atoms with Crippen molar-refractivity contribution in [2.24, 2.45) is 0 Å². The number of hydrogen-bond donors (Lipinski definition) is 0. The smallest absolute Gasteiger partial charge is 0.373 e. The average molecular weight is 271 g/mol. The molecule has 0 N–H and O–H groups in total.